The van der Waals surface area contributed by atoms with E-state index in [-0.39, 0.29) is 17.0 Å². The van der Waals surface area contributed by atoms with Crippen LogP contribution in [0.1, 0.15) is 45.6 Å². The summed E-state index contributed by atoms with van der Waals surface area (Å²) in [7, 11) is 1.33. The summed E-state index contributed by atoms with van der Waals surface area (Å²) >= 11 is 6.80. The number of nitrogens with zero attached hydrogens (tertiary/aromatic N) is 2. The number of rotatable bonds is 5. The van der Waals surface area contributed by atoms with E-state index in [2.05, 4.69) is 15.7 Å². The Labute approximate surface area is 201 Å². The molecule has 0 bridgehead atoms. The molecular weight excluding hydrogens is 492 g/mol. The number of thiophene rings is 1. The number of carbonyl (C=O) groups excluding carboxylic acids is 1. The van der Waals surface area contributed by atoms with E-state index in [1.54, 1.807) is 0 Å². The number of aromatic nitrogens is 2. The number of benzene rings is 1. The van der Waals surface area contributed by atoms with Crippen LogP contribution in [0.4, 0.5) is 28.4 Å². The Morgan fingerprint density at radius 3 is 2.56 bits per heavy atom. The van der Waals surface area contributed by atoms with Gasteiger partial charge in [-0.3, -0.25) is 4.68 Å². The number of fused-ring (bicyclic) bond motifs is 1. The van der Waals surface area contributed by atoms with Gasteiger partial charge in [0.15, 0.2) is 34.2 Å². The molecule has 0 aliphatic heterocycles. The van der Waals surface area contributed by atoms with E-state index >= 15 is 0 Å². The van der Waals surface area contributed by atoms with Crippen LogP contribution in [-0.4, -0.2) is 28.0 Å². The monoisotopic (exact) mass is 512 g/mol. The predicted molar refractivity (Wildman–Crippen MR) is 124 cm³/mol. The Bertz CT molecular complexity index is 1230. The number of thiocarbonyl (C=S) groups is 1. The van der Waals surface area contributed by atoms with E-state index in [9.17, 15) is 22.4 Å². The SMILES string of the molecule is COC(=O)c1c(NC(=S)Nc2ccn(Cc3c(F)c(F)cc(F)c3F)n2)sc2c1CCCCC2. The number of aryl methyl sites for hydroxylation is 1. The first kappa shape index (κ1) is 24.1. The first-order chi connectivity index (χ1) is 16.3. The van der Waals surface area contributed by atoms with Crippen molar-refractivity contribution in [2.75, 3.05) is 17.7 Å². The van der Waals surface area contributed by atoms with Crippen LogP contribution in [0.25, 0.3) is 0 Å². The Kier molecular flexibility index (Phi) is 7.17. The fourth-order valence-electron chi connectivity index (χ4n) is 3.84. The minimum atomic E-state index is -1.49. The molecule has 1 aliphatic carbocycles. The number of esters is 1. The van der Waals surface area contributed by atoms with Gasteiger partial charge >= 0.3 is 5.97 Å². The van der Waals surface area contributed by atoms with Crippen molar-refractivity contribution in [2.45, 2.75) is 38.6 Å². The second kappa shape index (κ2) is 10.1. The fourth-order valence-corrected chi connectivity index (χ4v) is 5.39. The molecule has 3 aromatic rings. The standard InChI is InChI=1S/C22H20F4N4O2S2/c1-32-21(31)17-11-5-3-2-4-6-15(11)34-20(17)28-22(33)27-16-7-8-30(29-16)10-12-18(25)13(23)9-14(24)19(12)26/h7-9H,2-6,10H2,1H3,(H2,27,28,29,33). The molecule has 2 N–H and O–H groups in total. The van der Waals surface area contributed by atoms with Gasteiger partial charge in [0.1, 0.15) is 5.00 Å². The van der Waals surface area contributed by atoms with Gasteiger partial charge in [0.05, 0.1) is 24.8 Å². The first-order valence-electron chi connectivity index (χ1n) is 10.4. The molecule has 2 aromatic heterocycles. The number of ether oxygens (including phenoxy) is 1. The van der Waals surface area contributed by atoms with Crippen LogP contribution in [0, 0.1) is 23.3 Å². The average Bonchev–Trinajstić information content (AvgIpc) is 3.30. The lowest BCUT2D eigenvalue weighted by atomic mass is 10.1. The lowest BCUT2D eigenvalue weighted by Crippen LogP contribution is -2.20. The summed E-state index contributed by atoms with van der Waals surface area (Å²) in [6.07, 6.45) is 6.18. The number of anilines is 2. The van der Waals surface area contributed by atoms with Crippen molar-refractivity contribution in [3.63, 3.8) is 0 Å². The number of carbonyl (C=O) groups is 1. The maximum absolute atomic E-state index is 13.9. The molecule has 12 heteroatoms. The van der Waals surface area contributed by atoms with Gasteiger partial charge in [-0.2, -0.15) is 5.10 Å². The number of hydrogen-bond donors (Lipinski definition) is 2. The highest BCUT2D eigenvalue weighted by atomic mass is 32.1. The van der Waals surface area contributed by atoms with Crippen molar-refractivity contribution < 1.29 is 27.1 Å². The van der Waals surface area contributed by atoms with Crippen LogP contribution >= 0.6 is 23.6 Å². The maximum Gasteiger partial charge on any atom is 0.341 e. The van der Waals surface area contributed by atoms with E-state index in [4.69, 9.17) is 17.0 Å². The lowest BCUT2D eigenvalue weighted by molar-refractivity contribution is 0.0601. The lowest BCUT2D eigenvalue weighted by Gasteiger charge is -2.10. The summed E-state index contributed by atoms with van der Waals surface area (Å²) in [5, 5.41) is 10.6. The Morgan fingerprint density at radius 1 is 1.15 bits per heavy atom. The van der Waals surface area contributed by atoms with Crippen molar-refractivity contribution >= 4 is 45.5 Å². The Hall–Kier alpha value is -2.99. The summed E-state index contributed by atoms with van der Waals surface area (Å²) < 4.78 is 60.9. The van der Waals surface area contributed by atoms with Gasteiger partial charge in [-0.15, -0.1) is 11.3 Å². The van der Waals surface area contributed by atoms with E-state index in [0.29, 0.717) is 10.6 Å². The summed E-state index contributed by atoms with van der Waals surface area (Å²) in [6, 6.07) is 1.63. The second-order valence-corrected chi connectivity index (χ2v) is 9.20. The fraction of sp³-hybridized carbons (Fsp3) is 0.318. The molecule has 6 nitrogen and oxygen atoms in total. The molecule has 0 radical (unpaired) electrons. The molecule has 0 atom stereocenters. The minimum absolute atomic E-state index is 0.140. The van der Waals surface area contributed by atoms with Gasteiger partial charge < -0.3 is 15.4 Å². The smallest absolute Gasteiger partial charge is 0.341 e. The van der Waals surface area contributed by atoms with Crippen molar-refractivity contribution in [3.05, 3.63) is 63.2 Å². The van der Waals surface area contributed by atoms with Crippen molar-refractivity contribution in [1.82, 2.24) is 9.78 Å². The van der Waals surface area contributed by atoms with Crippen LogP contribution in [0.3, 0.4) is 0 Å². The number of nitrogens with one attached hydrogen (secondary N) is 2. The highest BCUT2D eigenvalue weighted by molar-refractivity contribution is 7.80. The summed E-state index contributed by atoms with van der Waals surface area (Å²) in [4.78, 5) is 13.6. The third-order valence-corrected chi connectivity index (χ3v) is 6.85. The molecule has 4 rings (SSSR count). The average molecular weight is 513 g/mol. The third kappa shape index (κ3) is 4.92. The molecule has 180 valence electrons. The highest BCUT2D eigenvalue weighted by Crippen LogP contribution is 2.38. The number of halogens is 4. The van der Waals surface area contributed by atoms with Crippen LogP contribution < -0.4 is 10.6 Å². The molecule has 2 heterocycles. The van der Waals surface area contributed by atoms with E-state index in [1.165, 1.54) is 30.7 Å². The predicted octanol–water partition coefficient (Wildman–Crippen LogP) is 5.41. The molecule has 0 saturated heterocycles. The van der Waals surface area contributed by atoms with Crippen molar-refractivity contribution in [2.24, 2.45) is 0 Å². The minimum Gasteiger partial charge on any atom is -0.465 e. The van der Waals surface area contributed by atoms with Crippen LogP contribution in [0.15, 0.2) is 18.3 Å². The van der Waals surface area contributed by atoms with Crippen LogP contribution in [0.2, 0.25) is 0 Å². The van der Waals surface area contributed by atoms with E-state index in [0.717, 1.165) is 47.2 Å². The molecule has 1 aromatic carbocycles. The van der Waals surface area contributed by atoms with Crippen LogP contribution in [0.5, 0.6) is 0 Å². The maximum atomic E-state index is 13.9. The Morgan fingerprint density at radius 2 is 1.85 bits per heavy atom. The molecule has 0 amide bonds. The van der Waals surface area contributed by atoms with Crippen molar-refractivity contribution in [1.29, 1.82) is 0 Å². The summed E-state index contributed by atoms with van der Waals surface area (Å²) in [5.41, 5.74) is 0.670. The molecule has 0 unspecified atom stereocenters. The van der Waals surface area contributed by atoms with E-state index < -0.39 is 41.3 Å². The largest absolute Gasteiger partial charge is 0.465 e. The molecule has 0 spiro atoms. The normalized spacial score (nSPS) is 13.2. The molecule has 1 aliphatic rings. The van der Waals surface area contributed by atoms with E-state index in [1.807, 2.05) is 0 Å². The number of methoxy groups -OCH3 is 1. The van der Waals surface area contributed by atoms with Gasteiger partial charge in [-0.25, -0.2) is 22.4 Å². The molecule has 0 fully saturated rings. The zero-order valence-electron chi connectivity index (χ0n) is 18.0. The third-order valence-electron chi connectivity index (χ3n) is 5.44. The van der Waals surface area contributed by atoms with Crippen LogP contribution in [-0.2, 0) is 24.1 Å². The highest BCUT2D eigenvalue weighted by Gasteiger charge is 2.26. The molecule has 0 saturated carbocycles. The zero-order valence-corrected chi connectivity index (χ0v) is 19.6. The van der Waals surface area contributed by atoms with Gasteiger partial charge in [0.25, 0.3) is 0 Å². The number of hydrogen-bond acceptors (Lipinski definition) is 5. The van der Waals surface area contributed by atoms with Gasteiger partial charge in [-0.1, -0.05) is 6.42 Å². The quantitative estimate of drug-likeness (QED) is 0.157. The Balaban J connectivity index is 1.49. The van der Waals surface area contributed by atoms with Gasteiger partial charge in [0.2, 0.25) is 0 Å². The molecular formula is C22H20F4N4O2S2. The molecule has 34 heavy (non-hydrogen) atoms. The van der Waals surface area contributed by atoms with Gasteiger partial charge in [0, 0.05) is 23.2 Å². The zero-order chi connectivity index (χ0) is 24.4. The van der Waals surface area contributed by atoms with Crippen molar-refractivity contribution in [3.8, 4) is 0 Å². The first-order valence-corrected chi connectivity index (χ1v) is 11.7. The van der Waals surface area contributed by atoms with Gasteiger partial charge in [-0.05, 0) is 43.5 Å². The second-order valence-electron chi connectivity index (χ2n) is 7.68. The summed E-state index contributed by atoms with van der Waals surface area (Å²) in [5.74, 6) is -6.14. The topological polar surface area (TPSA) is 68.2 Å². The summed E-state index contributed by atoms with van der Waals surface area (Å²) in [6.45, 7) is -0.529.